The minimum Gasteiger partial charge on any atom is -0.461 e. The second kappa shape index (κ2) is 9.76. The Hall–Kier alpha value is -2.58. The van der Waals surface area contributed by atoms with E-state index in [0.29, 0.717) is 12.1 Å². The van der Waals surface area contributed by atoms with Gasteiger partial charge in [0.15, 0.2) is 0 Å². The van der Waals surface area contributed by atoms with Crippen LogP contribution in [0.5, 0.6) is 0 Å². The largest absolute Gasteiger partial charge is 0.461 e. The van der Waals surface area contributed by atoms with Gasteiger partial charge in [0.2, 0.25) is 0 Å². The highest BCUT2D eigenvalue weighted by molar-refractivity contribution is 5.82. The van der Waals surface area contributed by atoms with Crippen molar-refractivity contribution in [3.63, 3.8) is 0 Å². The summed E-state index contributed by atoms with van der Waals surface area (Å²) in [5.41, 5.74) is -0.950. The molecule has 0 bridgehead atoms. The van der Waals surface area contributed by atoms with Crippen LogP contribution in [0.4, 0.5) is 9.59 Å². The molecule has 0 spiro atoms. The first kappa shape index (κ1) is 24.5. The van der Waals surface area contributed by atoms with Crippen LogP contribution in [0, 0.1) is 0 Å². The first-order chi connectivity index (χ1) is 13.2. The van der Waals surface area contributed by atoms with Crippen molar-refractivity contribution in [1.82, 2.24) is 14.9 Å². The molecule has 0 aromatic carbocycles. The molecule has 164 valence electrons. The Kier molecular flexibility index (Phi) is 8.23. The summed E-state index contributed by atoms with van der Waals surface area (Å²) in [6.45, 7) is 14.1. The average Bonchev–Trinajstić information content (AvgIpc) is 2.99. The number of carbonyl (C=O) groups excluding carboxylic acids is 3. The van der Waals surface area contributed by atoms with Crippen molar-refractivity contribution in [1.29, 1.82) is 0 Å². The third kappa shape index (κ3) is 9.45. The van der Waals surface area contributed by atoms with Gasteiger partial charge in [0.25, 0.3) is 0 Å². The monoisotopic (exact) mass is 411 g/mol. The molecule has 1 N–H and O–H groups in total. The van der Waals surface area contributed by atoms with Gasteiger partial charge in [-0.25, -0.2) is 23.9 Å². The van der Waals surface area contributed by atoms with Crippen LogP contribution in [0.1, 0.15) is 67.5 Å². The Labute approximate surface area is 172 Å². The van der Waals surface area contributed by atoms with Crippen LogP contribution in [0.3, 0.4) is 0 Å². The van der Waals surface area contributed by atoms with Crippen LogP contribution in [-0.2, 0) is 25.4 Å². The number of aromatic nitrogens is 2. The minimum absolute atomic E-state index is 0.0321. The lowest BCUT2D eigenvalue weighted by atomic mass is 10.1. The summed E-state index contributed by atoms with van der Waals surface area (Å²) in [5, 5.41) is 2.53. The third-order valence-corrected chi connectivity index (χ3v) is 3.52. The predicted octanol–water partition coefficient (Wildman–Crippen LogP) is 3.44. The number of nitrogens with zero attached hydrogens (tertiary/aromatic N) is 2. The van der Waals surface area contributed by atoms with Crippen molar-refractivity contribution in [2.24, 2.45) is 0 Å². The molecule has 1 heterocycles. The molecule has 29 heavy (non-hydrogen) atoms. The maximum absolute atomic E-state index is 12.5. The molecule has 1 amide bonds. The Balaban J connectivity index is 2.92. The van der Waals surface area contributed by atoms with Crippen molar-refractivity contribution >= 4 is 18.2 Å². The first-order valence-corrected chi connectivity index (χ1v) is 9.66. The smallest absolute Gasteiger partial charge is 0.419 e. The van der Waals surface area contributed by atoms with Gasteiger partial charge >= 0.3 is 18.2 Å². The molecule has 0 radical (unpaired) electrons. The summed E-state index contributed by atoms with van der Waals surface area (Å²) in [7, 11) is 0. The van der Waals surface area contributed by atoms with E-state index in [1.54, 1.807) is 48.5 Å². The van der Waals surface area contributed by atoms with Gasteiger partial charge in [0.1, 0.15) is 23.6 Å². The summed E-state index contributed by atoms with van der Waals surface area (Å²) in [6.07, 6.45) is 1.79. The minimum atomic E-state index is -1.01. The number of carbonyl (C=O) groups is 3. The fraction of sp³-hybridized carbons (Fsp3) is 0.700. The molecular weight excluding hydrogens is 378 g/mol. The van der Waals surface area contributed by atoms with E-state index in [1.165, 1.54) is 17.1 Å². The first-order valence-electron chi connectivity index (χ1n) is 9.66. The quantitative estimate of drug-likeness (QED) is 0.564. The molecule has 1 rings (SSSR count). The van der Waals surface area contributed by atoms with Crippen molar-refractivity contribution in [2.75, 3.05) is 0 Å². The molecule has 0 saturated carbocycles. The van der Waals surface area contributed by atoms with E-state index in [4.69, 9.17) is 14.2 Å². The van der Waals surface area contributed by atoms with Gasteiger partial charge in [-0.05, 0) is 54.9 Å². The summed E-state index contributed by atoms with van der Waals surface area (Å²) in [4.78, 5) is 40.9. The van der Waals surface area contributed by atoms with Crippen molar-refractivity contribution < 1.29 is 28.6 Å². The lowest BCUT2D eigenvalue weighted by Gasteiger charge is -2.23. The highest BCUT2D eigenvalue weighted by Crippen LogP contribution is 2.12. The predicted molar refractivity (Wildman–Crippen MR) is 107 cm³/mol. The van der Waals surface area contributed by atoms with Gasteiger partial charge in [-0.15, -0.1) is 0 Å². The molecule has 1 aromatic heterocycles. The second-order valence-electron chi connectivity index (χ2n) is 8.81. The second-order valence-corrected chi connectivity index (χ2v) is 8.81. The van der Waals surface area contributed by atoms with Gasteiger partial charge < -0.3 is 19.5 Å². The Morgan fingerprint density at radius 1 is 1.10 bits per heavy atom. The van der Waals surface area contributed by atoms with E-state index < -0.39 is 35.4 Å². The number of alkyl carbamates (subject to hydrolysis) is 1. The number of hydrogen-bond acceptors (Lipinski definition) is 7. The Morgan fingerprint density at radius 3 is 2.21 bits per heavy atom. The standard InChI is InChI=1S/C20H33N3O6/c1-9-13(2)27-16(24)15(22-17(25)28-19(3,4)5)10-14-11-23(12-21-14)18(26)29-20(6,7)8/h11-13,15H,9-10H2,1-8H3,(H,22,25). The fourth-order valence-corrected chi connectivity index (χ4v) is 2.10. The van der Waals surface area contributed by atoms with Crippen LogP contribution >= 0.6 is 0 Å². The molecule has 9 heteroatoms. The number of imidazole rings is 1. The van der Waals surface area contributed by atoms with Gasteiger partial charge in [0.05, 0.1) is 11.8 Å². The molecule has 2 atom stereocenters. The van der Waals surface area contributed by atoms with E-state index in [-0.39, 0.29) is 12.5 Å². The summed E-state index contributed by atoms with van der Waals surface area (Å²) < 4.78 is 17.0. The zero-order valence-corrected chi connectivity index (χ0v) is 18.6. The van der Waals surface area contributed by atoms with Crippen LogP contribution < -0.4 is 5.32 Å². The third-order valence-electron chi connectivity index (χ3n) is 3.52. The van der Waals surface area contributed by atoms with E-state index in [9.17, 15) is 14.4 Å². The van der Waals surface area contributed by atoms with Crippen LogP contribution in [0.2, 0.25) is 0 Å². The zero-order valence-electron chi connectivity index (χ0n) is 18.6. The highest BCUT2D eigenvalue weighted by atomic mass is 16.6. The molecule has 9 nitrogen and oxygen atoms in total. The maximum Gasteiger partial charge on any atom is 0.419 e. The van der Waals surface area contributed by atoms with E-state index in [1.807, 2.05) is 6.92 Å². The van der Waals surface area contributed by atoms with Gasteiger partial charge in [-0.3, -0.25) is 0 Å². The van der Waals surface area contributed by atoms with Gasteiger partial charge in [0, 0.05) is 12.6 Å². The lowest BCUT2D eigenvalue weighted by Crippen LogP contribution is -2.46. The molecular formula is C20H33N3O6. The van der Waals surface area contributed by atoms with Gasteiger partial charge in [-0.1, -0.05) is 6.92 Å². The molecule has 0 aliphatic carbocycles. The maximum atomic E-state index is 12.5. The van der Waals surface area contributed by atoms with Crippen molar-refractivity contribution in [3.8, 4) is 0 Å². The van der Waals surface area contributed by atoms with Crippen molar-refractivity contribution in [2.45, 2.75) is 91.6 Å². The summed E-state index contributed by atoms with van der Waals surface area (Å²) >= 11 is 0. The Bertz CT molecular complexity index is 715. The molecule has 2 unspecified atom stereocenters. The lowest BCUT2D eigenvalue weighted by molar-refractivity contribution is -0.150. The van der Waals surface area contributed by atoms with Crippen LogP contribution in [-0.4, -0.2) is 51.1 Å². The topological polar surface area (TPSA) is 109 Å². The zero-order chi connectivity index (χ0) is 22.4. The van der Waals surface area contributed by atoms with E-state index in [2.05, 4.69) is 10.3 Å². The van der Waals surface area contributed by atoms with Crippen LogP contribution in [0.15, 0.2) is 12.5 Å². The number of amides is 1. The SMILES string of the molecule is CCC(C)OC(=O)C(Cc1cn(C(=O)OC(C)(C)C)cn1)NC(=O)OC(C)(C)C. The summed E-state index contributed by atoms with van der Waals surface area (Å²) in [5.74, 6) is -0.600. The Morgan fingerprint density at radius 2 is 1.69 bits per heavy atom. The molecule has 0 aliphatic heterocycles. The van der Waals surface area contributed by atoms with Crippen LogP contribution in [0.25, 0.3) is 0 Å². The number of rotatable bonds is 6. The average molecular weight is 411 g/mol. The van der Waals surface area contributed by atoms with Gasteiger partial charge in [-0.2, -0.15) is 0 Å². The number of esters is 1. The number of ether oxygens (including phenoxy) is 3. The number of nitrogens with one attached hydrogen (secondary N) is 1. The van der Waals surface area contributed by atoms with Crippen molar-refractivity contribution in [3.05, 3.63) is 18.2 Å². The fourth-order valence-electron chi connectivity index (χ4n) is 2.10. The molecule has 0 fully saturated rings. The normalized spacial score (nSPS) is 13.9. The highest BCUT2D eigenvalue weighted by Gasteiger charge is 2.28. The summed E-state index contributed by atoms with van der Waals surface area (Å²) in [6, 6.07) is -1.01. The number of hydrogen-bond donors (Lipinski definition) is 1. The van der Waals surface area contributed by atoms with E-state index in [0.717, 1.165) is 0 Å². The van der Waals surface area contributed by atoms with E-state index >= 15 is 0 Å². The molecule has 0 aliphatic rings. The molecule has 0 saturated heterocycles. The molecule has 1 aromatic rings.